The number of rotatable bonds is 3. The van der Waals surface area contributed by atoms with Gasteiger partial charge in [-0.05, 0) is 18.6 Å². The zero-order chi connectivity index (χ0) is 14.0. The van der Waals surface area contributed by atoms with Crippen LogP contribution in [-0.4, -0.2) is 42.6 Å². The highest BCUT2D eigenvalue weighted by Gasteiger charge is 2.33. The molecule has 3 nitrogen and oxygen atoms in total. The zero-order valence-electron chi connectivity index (χ0n) is 11.5. The number of phenolic OH excluding ortho intramolecular Hbond substituents is 1. The van der Waals surface area contributed by atoms with Gasteiger partial charge < -0.3 is 10.4 Å². The van der Waals surface area contributed by atoms with E-state index < -0.39 is 24.0 Å². The summed E-state index contributed by atoms with van der Waals surface area (Å²) in [5, 5.41) is 12.8. The normalized spacial score (nSPS) is 17.0. The predicted octanol–water partition coefficient (Wildman–Crippen LogP) is 2.89. The molecule has 2 rings (SSSR count). The number of alkyl halides is 2. The fourth-order valence-electron chi connectivity index (χ4n) is 2.44. The van der Waals surface area contributed by atoms with Crippen molar-refractivity contribution in [2.45, 2.75) is 19.4 Å². The number of benzene rings is 1. The molecular weight excluding hydrogens is 328 g/mol. The number of nitrogens with one attached hydrogen (secondary N) is 1. The molecule has 0 spiro atoms. The topological polar surface area (TPSA) is 35.5 Å². The molecule has 122 valence electrons. The molecule has 1 aliphatic heterocycles. The van der Waals surface area contributed by atoms with Crippen LogP contribution in [0.25, 0.3) is 0 Å². The van der Waals surface area contributed by atoms with Gasteiger partial charge in [0.1, 0.15) is 6.04 Å². The van der Waals surface area contributed by atoms with Gasteiger partial charge >= 0.3 is 0 Å². The molecular formula is C13H19Cl2F3N2O. The summed E-state index contributed by atoms with van der Waals surface area (Å²) in [6, 6.07) is 1.30. The standard InChI is InChI=1S/C13H17F3N2O.2ClH/c1-8-6-9(12(19)10(14)7-8)11(13(15)16)18-4-2-17-3-5-18;;/h6-7,11,13,17,19H,2-5H2,1H3;2*1H/t11-;;/m0../s1. The second-order valence-corrected chi connectivity index (χ2v) is 4.75. The number of halogens is 5. The quantitative estimate of drug-likeness (QED) is 0.883. The van der Waals surface area contributed by atoms with E-state index in [1.807, 2.05) is 0 Å². The van der Waals surface area contributed by atoms with Gasteiger partial charge in [-0.2, -0.15) is 0 Å². The van der Waals surface area contributed by atoms with Crippen molar-refractivity contribution in [3.63, 3.8) is 0 Å². The van der Waals surface area contributed by atoms with Crippen LogP contribution in [0.2, 0.25) is 0 Å². The van der Waals surface area contributed by atoms with Crippen LogP contribution in [0, 0.1) is 12.7 Å². The third kappa shape index (κ3) is 4.64. The Balaban J connectivity index is 0.00000200. The van der Waals surface area contributed by atoms with Gasteiger partial charge in [-0.25, -0.2) is 13.2 Å². The molecule has 8 heteroatoms. The van der Waals surface area contributed by atoms with Crippen molar-refractivity contribution in [1.29, 1.82) is 0 Å². The Labute approximate surface area is 134 Å². The number of nitrogens with zero attached hydrogens (tertiary/aromatic N) is 1. The van der Waals surface area contributed by atoms with Crippen molar-refractivity contribution in [3.05, 3.63) is 29.1 Å². The Kier molecular flexibility index (Phi) is 8.39. The van der Waals surface area contributed by atoms with Crippen LogP contribution in [0.3, 0.4) is 0 Å². The van der Waals surface area contributed by atoms with Gasteiger partial charge in [0.2, 0.25) is 0 Å². The maximum absolute atomic E-state index is 13.5. The van der Waals surface area contributed by atoms with Crippen LogP contribution in [0.5, 0.6) is 5.75 Å². The molecule has 21 heavy (non-hydrogen) atoms. The number of piperazine rings is 1. The Morgan fingerprint density at radius 1 is 1.19 bits per heavy atom. The van der Waals surface area contributed by atoms with Crippen molar-refractivity contribution in [1.82, 2.24) is 10.2 Å². The molecule has 1 aromatic rings. The second-order valence-electron chi connectivity index (χ2n) is 4.75. The summed E-state index contributed by atoms with van der Waals surface area (Å²) < 4.78 is 40.1. The first-order chi connectivity index (χ1) is 9.00. The van der Waals surface area contributed by atoms with Gasteiger partial charge in [-0.15, -0.1) is 24.8 Å². The summed E-state index contributed by atoms with van der Waals surface area (Å²) >= 11 is 0. The smallest absolute Gasteiger partial charge is 0.258 e. The van der Waals surface area contributed by atoms with E-state index in [-0.39, 0.29) is 30.4 Å². The largest absolute Gasteiger partial charge is 0.505 e. The molecule has 0 bridgehead atoms. The number of aromatic hydroxyl groups is 1. The predicted molar refractivity (Wildman–Crippen MR) is 80.5 cm³/mol. The van der Waals surface area contributed by atoms with E-state index >= 15 is 0 Å². The molecule has 1 saturated heterocycles. The van der Waals surface area contributed by atoms with Crippen molar-refractivity contribution in [2.24, 2.45) is 0 Å². The molecule has 2 N–H and O–H groups in total. The average molecular weight is 347 g/mol. The molecule has 1 aliphatic rings. The van der Waals surface area contributed by atoms with Gasteiger partial charge in [-0.3, -0.25) is 4.90 Å². The summed E-state index contributed by atoms with van der Waals surface area (Å²) in [5.74, 6) is -1.52. The Hall–Kier alpha value is -0.690. The van der Waals surface area contributed by atoms with E-state index in [0.29, 0.717) is 31.7 Å². The molecule has 1 fully saturated rings. The SMILES string of the molecule is Cc1cc(F)c(O)c([C@@H](C(F)F)N2CCNCC2)c1.Cl.Cl. The van der Waals surface area contributed by atoms with Gasteiger partial charge in [-0.1, -0.05) is 6.07 Å². The lowest BCUT2D eigenvalue weighted by atomic mass is 10.0. The summed E-state index contributed by atoms with van der Waals surface area (Å²) in [5.41, 5.74) is 0.487. The highest BCUT2D eigenvalue weighted by atomic mass is 35.5. The van der Waals surface area contributed by atoms with Crippen LogP contribution in [-0.2, 0) is 0 Å². The summed E-state index contributed by atoms with van der Waals surface area (Å²) in [6.45, 7) is 3.73. The molecule has 0 radical (unpaired) electrons. The highest BCUT2D eigenvalue weighted by Crippen LogP contribution is 2.35. The lowest BCUT2D eigenvalue weighted by molar-refractivity contribution is 0.0168. The molecule has 0 saturated carbocycles. The monoisotopic (exact) mass is 346 g/mol. The van der Waals surface area contributed by atoms with E-state index in [1.54, 1.807) is 11.8 Å². The number of hydrogen-bond donors (Lipinski definition) is 2. The Bertz CT molecular complexity index is 457. The zero-order valence-corrected chi connectivity index (χ0v) is 13.1. The molecule has 0 aliphatic carbocycles. The van der Waals surface area contributed by atoms with Crippen LogP contribution >= 0.6 is 24.8 Å². The van der Waals surface area contributed by atoms with Crippen LogP contribution in [0.4, 0.5) is 13.2 Å². The minimum Gasteiger partial charge on any atom is -0.505 e. The molecule has 1 atom stereocenters. The van der Waals surface area contributed by atoms with Gasteiger partial charge in [0.05, 0.1) is 0 Å². The summed E-state index contributed by atoms with van der Waals surface area (Å²) in [6.07, 6.45) is -2.68. The van der Waals surface area contributed by atoms with Crippen LogP contribution in [0.1, 0.15) is 17.2 Å². The van der Waals surface area contributed by atoms with Gasteiger partial charge in [0, 0.05) is 31.7 Å². The fourth-order valence-corrected chi connectivity index (χ4v) is 2.44. The molecule has 0 unspecified atom stereocenters. The molecule has 0 amide bonds. The third-order valence-electron chi connectivity index (χ3n) is 3.34. The van der Waals surface area contributed by atoms with Gasteiger partial charge in [0.25, 0.3) is 6.43 Å². The number of aryl methyl sites for hydroxylation is 1. The third-order valence-corrected chi connectivity index (χ3v) is 3.34. The first-order valence-electron chi connectivity index (χ1n) is 6.22. The Morgan fingerprint density at radius 2 is 1.76 bits per heavy atom. The highest BCUT2D eigenvalue weighted by molar-refractivity contribution is 5.85. The van der Waals surface area contributed by atoms with Crippen molar-refractivity contribution in [3.8, 4) is 5.75 Å². The Morgan fingerprint density at radius 3 is 2.29 bits per heavy atom. The lowest BCUT2D eigenvalue weighted by Gasteiger charge is -2.35. The van der Waals surface area contributed by atoms with E-state index in [0.717, 1.165) is 6.07 Å². The van der Waals surface area contributed by atoms with Crippen molar-refractivity contribution < 1.29 is 18.3 Å². The van der Waals surface area contributed by atoms with E-state index in [9.17, 15) is 18.3 Å². The first kappa shape index (κ1) is 20.3. The number of phenols is 1. The maximum Gasteiger partial charge on any atom is 0.258 e. The van der Waals surface area contributed by atoms with Crippen LogP contribution in [0.15, 0.2) is 12.1 Å². The van der Waals surface area contributed by atoms with Crippen LogP contribution < -0.4 is 5.32 Å². The molecule has 1 aromatic carbocycles. The summed E-state index contributed by atoms with van der Waals surface area (Å²) in [4.78, 5) is 1.58. The fraction of sp³-hybridized carbons (Fsp3) is 0.538. The molecule has 0 aromatic heterocycles. The lowest BCUT2D eigenvalue weighted by Crippen LogP contribution is -2.47. The average Bonchev–Trinajstić information content (AvgIpc) is 2.36. The van der Waals surface area contributed by atoms with Gasteiger partial charge in [0.15, 0.2) is 11.6 Å². The van der Waals surface area contributed by atoms with E-state index in [2.05, 4.69) is 5.32 Å². The molecule has 1 heterocycles. The minimum atomic E-state index is -2.68. The first-order valence-corrected chi connectivity index (χ1v) is 6.22. The summed E-state index contributed by atoms with van der Waals surface area (Å²) in [7, 11) is 0. The van der Waals surface area contributed by atoms with Crippen molar-refractivity contribution >= 4 is 24.8 Å². The van der Waals surface area contributed by atoms with E-state index in [4.69, 9.17) is 0 Å². The number of hydrogen-bond acceptors (Lipinski definition) is 3. The van der Waals surface area contributed by atoms with E-state index in [1.165, 1.54) is 6.07 Å². The minimum absolute atomic E-state index is 0. The second kappa shape index (κ2) is 8.68. The maximum atomic E-state index is 13.5. The van der Waals surface area contributed by atoms with Crippen molar-refractivity contribution in [2.75, 3.05) is 26.2 Å².